The van der Waals surface area contributed by atoms with Crippen LogP contribution in [0.15, 0.2) is 35.2 Å². The molecule has 0 spiro atoms. The molecule has 25 heavy (non-hydrogen) atoms. The van der Waals surface area contributed by atoms with E-state index in [0.717, 1.165) is 6.54 Å². The van der Waals surface area contributed by atoms with Gasteiger partial charge >= 0.3 is 0 Å². The molecule has 1 aromatic heterocycles. The molecule has 1 aliphatic heterocycles. The van der Waals surface area contributed by atoms with Gasteiger partial charge in [0.2, 0.25) is 5.91 Å². The highest BCUT2D eigenvalue weighted by molar-refractivity contribution is 7.92. The van der Waals surface area contributed by atoms with Gasteiger partial charge in [-0.05, 0) is 41.8 Å². The van der Waals surface area contributed by atoms with Gasteiger partial charge in [-0.2, -0.15) is 0 Å². The highest BCUT2D eigenvalue weighted by Crippen LogP contribution is 2.26. The maximum Gasteiger partial charge on any atom is 0.263 e. The fourth-order valence-corrected chi connectivity index (χ4v) is 3.41. The maximum atomic E-state index is 12.5. The van der Waals surface area contributed by atoms with E-state index in [-0.39, 0.29) is 23.0 Å². The van der Waals surface area contributed by atoms with Crippen molar-refractivity contribution < 1.29 is 13.2 Å². The molecule has 0 fully saturated rings. The van der Waals surface area contributed by atoms with Crippen LogP contribution in [0.5, 0.6) is 0 Å². The first-order valence-electron chi connectivity index (χ1n) is 7.87. The van der Waals surface area contributed by atoms with Gasteiger partial charge in [-0.15, -0.1) is 10.2 Å². The first-order valence-corrected chi connectivity index (χ1v) is 9.35. The summed E-state index contributed by atoms with van der Waals surface area (Å²) >= 11 is 0. The SMILES string of the molecule is CC(C)CNc1ccc(NS(=O)(=O)c2ccc3c(c2)CC(=O)N3)nn1. The molecule has 0 saturated carbocycles. The lowest BCUT2D eigenvalue weighted by molar-refractivity contribution is -0.115. The quantitative estimate of drug-likeness (QED) is 0.723. The molecule has 1 amide bonds. The Hall–Kier alpha value is -2.68. The molecular formula is C16H19N5O3S. The smallest absolute Gasteiger partial charge is 0.263 e. The number of amides is 1. The summed E-state index contributed by atoms with van der Waals surface area (Å²) in [6.45, 7) is 4.90. The van der Waals surface area contributed by atoms with Crippen LogP contribution in [0.1, 0.15) is 19.4 Å². The van der Waals surface area contributed by atoms with Crippen LogP contribution in [0, 0.1) is 5.92 Å². The summed E-state index contributed by atoms with van der Waals surface area (Å²) < 4.78 is 27.4. The minimum atomic E-state index is -3.80. The highest BCUT2D eigenvalue weighted by Gasteiger charge is 2.22. The molecule has 2 heterocycles. The topological polar surface area (TPSA) is 113 Å². The molecule has 0 bridgehead atoms. The Bertz CT molecular complexity index is 894. The molecule has 1 aromatic carbocycles. The summed E-state index contributed by atoms with van der Waals surface area (Å²) in [6, 6.07) is 7.73. The summed E-state index contributed by atoms with van der Waals surface area (Å²) in [4.78, 5) is 11.5. The second-order valence-electron chi connectivity index (χ2n) is 6.23. The van der Waals surface area contributed by atoms with E-state index in [9.17, 15) is 13.2 Å². The van der Waals surface area contributed by atoms with Crippen LogP contribution in [0.3, 0.4) is 0 Å². The monoisotopic (exact) mass is 361 g/mol. The zero-order valence-electron chi connectivity index (χ0n) is 13.9. The Morgan fingerprint density at radius 3 is 2.56 bits per heavy atom. The predicted molar refractivity (Wildman–Crippen MR) is 94.9 cm³/mol. The molecule has 0 radical (unpaired) electrons. The van der Waals surface area contributed by atoms with Crippen molar-refractivity contribution in [3.05, 3.63) is 35.9 Å². The molecule has 1 aliphatic rings. The predicted octanol–water partition coefficient (Wildman–Crippen LogP) is 1.84. The van der Waals surface area contributed by atoms with Gasteiger partial charge in [0.05, 0.1) is 11.3 Å². The van der Waals surface area contributed by atoms with Crippen LogP contribution in [-0.2, 0) is 21.2 Å². The van der Waals surface area contributed by atoms with E-state index < -0.39 is 10.0 Å². The number of benzene rings is 1. The number of anilines is 3. The van der Waals surface area contributed by atoms with E-state index in [0.29, 0.717) is 23.0 Å². The molecule has 0 saturated heterocycles. The molecule has 0 aliphatic carbocycles. The lowest BCUT2D eigenvalue weighted by Gasteiger charge is -2.10. The fraction of sp³-hybridized carbons (Fsp3) is 0.312. The van der Waals surface area contributed by atoms with Crippen LogP contribution in [0.4, 0.5) is 17.3 Å². The minimum absolute atomic E-state index is 0.0755. The molecular weight excluding hydrogens is 342 g/mol. The van der Waals surface area contributed by atoms with Crippen LogP contribution < -0.4 is 15.4 Å². The average Bonchev–Trinajstić information content (AvgIpc) is 2.93. The molecule has 0 unspecified atom stereocenters. The number of fused-ring (bicyclic) bond motifs is 1. The third kappa shape index (κ3) is 4.05. The molecule has 2 aromatic rings. The van der Waals surface area contributed by atoms with Crippen molar-refractivity contribution in [1.29, 1.82) is 0 Å². The van der Waals surface area contributed by atoms with E-state index in [1.165, 1.54) is 12.1 Å². The number of sulfonamides is 1. The Morgan fingerprint density at radius 1 is 1.16 bits per heavy atom. The Labute approximate surface area is 146 Å². The summed E-state index contributed by atoms with van der Waals surface area (Å²) in [5.41, 5.74) is 1.30. The molecule has 9 heteroatoms. The van der Waals surface area contributed by atoms with Crippen molar-refractivity contribution in [3.63, 3.8) is 0 Å². The van der Waals surface area contributed by atoms with Gasteiger partial charge in [0.1, 0.15) is 5.82 Å². The number of carbonyl (C=O) groups is 1. The fourth-order valence-electron chi connectivity index (χ4n) is 2.36. The number of hydrogen-bond donors (Lipinski definition) is 3. The lowest BCUT2D eigenvalue weighted by Crippen LogP contribution is -2.15. The minimum Gasteiger partial charge on any atom is -0.368 e. The Kier molecular flexibility index (Phi) is 4.58. The van der Waals surface area contributed by atoms with E-state index in [2.05, 4.69) is 39.4 Å². The standard InChI is InChI=1S/C16H19N5O3S/c1-10(2)9-17-14-5-6-15(20-19-14)21-25(23,24)12-3-4-13-11(7-12)8-16(22)18-13/h3-7,10H,8-9H2,1-2H3,(H,17,19)(H,18,22)(H,20,21). The maximum absolute atomic E-state index is 12.5. The van der Waals surface area contributed by atoms with Gasteiger partial charge in [-0.3, -0.25) is 9.52 Å². The number of aromatic nitrogens is 2. The summed E-state index contributed by atoms with van der Waals surface area (Å²) in [7, 11) is -3.80. The van der Waals surface area contributed by atoms with Crippen LogP contribution in [0.2, 0.25) is 0 Å². The number of hydrogen-bond acceptors (Lipinski definition) is 6. The van der Waals surface area contributed by atoms with Gasteiger partial charge in [0.15, 0.2) is 5.82 Å². The molecule has 0 atom stereocenters. The van der Waals surface area contributed by atoms with E-state index >= 15 is 0 Å². The molecule has 3 rings (SSSR count). The zero-order chi connectivity index (χ0) is 18.0. The third-order valence-corrected chi connectivity index (χ3v) is 4.96. The zero-order valence-corrected chi connectivity index (χ0v) is 14.7. The third-order valence-electron chi connectivity index (χ3n) is 3.61. The molecule has 3 N–H and O–H groups in total. The van der Waals surface area contributed by atoms with Gasteiger partial charge in [-0.25, -0.2) is 8.42 Å². The van der Waals surface area contributed by atoms with Crippen molar-refractivity contribution in [2.45, 2.75) is 25.2 Å². The van der Waals surface area contributed by atoms with Gasteiger partial charge in [0.25, 0.3) is 10.0 Å². The Morgan fingerprint density at radius 2 is 1.88 bits per heavy atom. The first kappa shape index (κ1) is 17.2. The normalized spacial score (nSPS) is 13.5. The summed E-state index contributed by atoms with van der Waals surface area (Å²) in [5, 5.41) is 13.6. The van der Waals surface area contributed by atoms with Crippen LogP contribution in [0.25, 0.3) is 0 Å². The summed E-state index contributed by atoms with van der Waals surface area (Å²) in [6.07, 6.45) is 0.175. The van der Waals surface area contributed by atoms with Gasteiger partial charge < -0.3 is 10.6 Å². The van der Waals surface area contributed by atoms with Crippen molar-refractivity contribution in [3.8, 4) is 0 Å². The van der Waals surface area contributed by atoms with E-state index in [1.807, 2.05) is 0 Å². The van der Waals surface area contributed by atoms with Crippen molar-refractivity contribution in [1.82, 2.24) is 10.2 Å². The van der Waals surface area contributed by atoms with Gasteiger partial charge in [0, 0.05) is 12.2 Å². The summed E-state index contributed by atoms with van der Waals surface area (Å²) in [5.74, 6) is 1.03. The molecule has 8 nitrogen and oxygen atoms in total. The van der Waals surface area contributed by atoms with Crippen molar-refractivity contribution >= 4 is 33.3 Å². The Balaban J connectivity index is 1.73. The number of nitrogens with one attached hydrogen (secondary N) is 3. The molecule has 132 valence electrons. The van der Waals surface area contributed by atoms with Gasteiger partial charge in [-0.1, -0.05) is 13.8 Å². The second-order valence-corrected chi connectivity index (χ2v) is 7.91. The first-order chi connectivity index (χ1) is 11.8. The van der Waals surface area contributed by atoms with Crippen molar-refractivity contribution in [2.24, 2.45) is 5.92 Å². The van der Waals surface area contributed by atoms with Crippen molar-refractivity contribution in [2.75, 3.05) is 21.9 Å². The van der Waals surface area contributed by atoms with E-state index in [4.69, 9.17) is 0 Å². The van der Waals surface area contributed by atoms with E-state index in [1.54, 1.807) is 18.2 Å². The number of rotatable bonds is 6. The second kappa shape index (κ2) is 6.67. The van der Waals surface area contributed by atoms with Crippen LogP contribution in [-0.4, -0.2) is 31.1 Å². The number of nitrogens with zero attached hydrogens (tertiary/aromatic N) is 2. The highest BCUT2D eigenvalue weighted by atomic mass is 32.2. The van der Waals surface area contributed by atoms with Crippen LogP contribution >= 0.6 is 0 Å². The largest absolute Gasteiger partial charge is 0.368 e. The number of carbonyl (C=O) groups excluding carboxylic acids is 1. The average molecular weight is 361 g/mol. The lowest BCUT2D eigenvalue weighted by atomic mass is 10.2.